The smallest absolute Gasteiger partial charge is 0.261 e. The third-order valence-electron chi connectivity index (χ3n) is 3.92. The van der Waals surface area contributed by atoms with Gasteiger partial charge in [0.15, 0.2) is 0 Å². The third-order valence-corrected chi connectivity index (χ3v) is 5.27. The molecule has 0 unspecified atom stereocenters. The van der Waals surface area contributed by atoms with E-state index in [9.17, 15) is 8.42 Å². The van der Waals surface area contributed by atoms with Crippen LogP contribution in [-0.4, -0.2) is 15.5 Å². The third kappa shape index (κ3) is 3.67. The molecule has 23 heavy (non-hydrogen) atoms. The number of anilines is 1. The summed E-state index contributed by atoms with van der Waals surface area (Å²) in [7, 11) is -2.05. The van der Waals surface area contributed by atoms with Crippen LogP contribution < -0.4 is 9.46 Å². The quantitative estimate of drug-likeness (QED) is 0.871. The summed E-state index contributed by atoms with van der Waals surface area (Å²) in [5, 5.41) is 0. The van der Waals surface area contributed by atoms with Crippen molar-refractivity contribution in [1.82, 2.24) is 0 Å². The molecule has 0 heterocycles. The van der Waals surface area contributed by atoms with Crippen molar-refractivity contribution in [3.8, 4) is 5.75 Å². The van der Waals surface area contributed by atoms with Gasteiger partial charge in [-0.05, 0) is 54.7 Å². The van der Waals surface area contributed by atoms with Crippen molar-refractivity contribution >= 4 is 15.7 Å². The van der Waals surface area contributed by atoms with Crippen molar-refractivity contribution in [2.24, 2.45) is 0 Å². The highest BCUT2D eigenvalue weighted by molar-refractivity contribution is 7.92. The van der Waals surface area contributed by atoms with Crippen LogP contribution >= 0.6 is 0 Å². The lowest BCUT2D eigenvalue weighted by molar-refractivity contribution is 0.409. The Kier molecular flexibility index (Phi) is 5.31. The van der Waals surface area contributed by atoms with Crippen molar-refractivity contribution in [2.45, 2.75) is 38.5 Å². The summed E-state index contributed by atoms with van der Waals surface area (Å²) in [6.45, 7) is 5.88. The summed E-state index contributed by atoms with van der Waals surface area (Å²) in [5.41, 5.74) is 3.44. The monoisotopic (exact) mass is 333 g/mol. The molecule has 0 radical (unpaired) electrons. The van der Waals surface area contributed by atoms with Gasteiger partial charge in [-0.25, -0.2) is 8.42 Å². The Bertz CT molecular complexity index is 798. The number of ether oxygens (including phenoxy) is 1. The van der Waals surface area contributed by atoms with Gasteiger partial charge < -0.3 is 4.74 Å². The largest absolute Gasteiger partial charge is 0.496 e. The second-order valence-corrected chi connectivity index (χ2v) is 7.08. The lowest BCUT2D eigenvalue weighted by atomic mass is 10.1. The van der Waals surface area contributed by atoms with Crippen LogP contribution in [0.3, 0.4) is 0 Å². The van der Waals surface area contributed by atoms with Crippen LogP contribution in [0.1, 0.15) is 30.5 Å². The van der Waals surface area contributed by atoms with Gasteiger partial charge in [-0.15, -0.1) is 0 Å². The number of sulfonamides is 1. The Morgan fingerprint density at radius 3 is 2.35 bits per heavy atom. The first-order chi connectivity index (χ1) is 10.9. The molecule has 2 aromatic carbocycles. The molecule has 1 N–H and O–H groups in total. The van der Waals surface area contributed by atoms with Gasteiger partial charge in [-0.2, -0.15) is 0 Å². The minimum Gasteiger partial charge on any atom is -0.496 e. The molecule has 0 fully saturated rings. The number of nitrogens with one attached hydrogen (secondary N) is 1. The van der Waals surface area contributed by atoms with Crippen LogP contribution in [0.15, 0.2) is 41.3 Å². The second kappa shape index (κ2) is 7.04. The van der Waals surface area contributed by atoms with E-state index < -0.39 is 10.0 Å². The summed E-state index contributed by atoms with van der Waals surface area (Å²) in [4.78, 5) is 0.250. The highest BCUT2D eigenvalue weighted by atomic mass is 32.2. The molecule has 4 nitrogen and oxygen atoms in total. The molecule has 0 amide bonds. The van der Waals surface area contributed by atoms with Crippen LogP contribution in [-0.2, 0) is 22.9 Å². The Morgan fingerprint density at radius 1 is 1.04 bits per heavy atom. The van der Waals surface area contributed by atoms with Crippen LogP contribution in [0.5, 0.6) is 5.75 Å². The fourth-order valence-corrected chi connectivity index (χ4v) is 3.78. The molecule has 0 bridgehead atoms. The van der Waals surface area contributed by atoms with E-state index in [1.54, 1.807) is 25.3 Å². The van der Waals surface area contributed by atoms with Gasteiger partial charge in [-0.3, -0.25) is 4.72 Å². The van der Waals surface area contributed by atoms with Gasteiger partial charge in [0, 0.05) is 0 Å². The maximum Gasteiger partial charge on any atom is 0.261 e. The molecule has 5 heteroatoms. The number of methoxy groups -OCH3 is 1. The average Bonchev–Trinajstić information content (AvgIpc) is 2.55. The van der Waals surface area contributed by atoms with Gasteiger partial charge in [0.2, 0.25) is 0 Å². The Labute approximate surface area is 138 Å². The predicted molar refractivity (Wildman–Crippen MR) is 93.7 cm³/mol. The number of hydrogen-bond acceptors (Lipinski definition) is 3. The van der Waals surface area contributed by atoms with Gasteiger partial charge in [0.1, 0.15) is 5.75 Å². The van der Waals surface area contributed by atoms with E-state index in [0.29, 0.717) is 17.9 Å². The minimum atomic E-state index is -3.63. The lowest BCUT2D eigenvalue weighted by Gasteiger charge is -2.15. The van der Waals surface area contributed by atoms with E-state index in [2.05, 4.69) is 4.72 Å². The fourth-order valence-electron chi connectivity index (χ4n) is 2.56. The zero-order valence-electron chi connectivity index (χ0n) is 14.0. The van der Waals surface area contributed by atoms with Crippen LogP contribution in [0.2, 0.25) is 0 Å². The molecule has 0 atom stereocenters. The van der Waals surface area contributed by atoms with Crippen molar-refractivity contribution < 1.29 is 13.2 Å². The van der Waals surface area contributed by atoms with E-state index >= 15 is 0 Å². The number of para-hydroxylation sites is 1. The molecule has 0 spiro atoms. The summed E-state index contributed by atoms with van der Waals surface area (Å²) < 4.78 is 33.5. The summed E-state index contributed by atoms with van der Waals surface area (Å²) >= 11 is 0. The number of hydrogen-bond donors (Lipinski definition) is 1. The number of benzene rings is 2. The maximum absolute atomic E-state index is 12.7. The molecular weight excluding hydrogens is 310 g/mol. The second-order valence-electron chi connectivity index (χ2n) is 5.40. The molecule has 2 aromatic rings. The summed E-state index contributed by atoms with van der Waals surface area (Å²) in [6, 6.07) is 10.7. The Hall–Kier alpha value is -2.01. The van der Waals surface area contributed by atoms with Crippen LogP contribution in [0, 0.1) is 6.92 Å². The van der Waals surface area contributed by atoms with E-state index in [4.69, 9.17) is 4.74 Å². The maximum atomic E-state index is 12.7. The molecule has 0 aliphatic heterocycles. The van der Waals surface area contributed by atoms with E-state index in [1.165, 1.54) is 0 Å². The summed E-state index contributed by atoms with van der Waals surface area (Å²) in [5.74, 6) is 0.705. The first-order valence-corrected chi connectivity index (χ1v) is 9.19. The first kappa shape index (κ1) is 17.3. The molecule has 2 rings (SSSR count). The fraction of sp³-hybridized carbons (Fsp3) is 0.333. The molecule has 124 valence electrons. The zero-order chi connectivity index (χ0) is 17.0. The first-order valence-electron chi connectivity index (χ1n) is 7.71. The van der Waals surface area contributed by atoms with Crippen LogP contribution in [0.4, 0.5) is 5.69 Å². The minimum absolute atomic E-state index is 0.250. The standard InChI is InChI=1S/C18H23NO3S/c1-5-14-9-7-8-13(3)18(14)19-23(20,21)16-10-11-17(22-4)15(6-2)12-16/h7-12,19H,5-6H2,1-4H3. The molecule has 0 aliphatic rings. The zero-order valence-corrected chi connectivity index (χ0v) is 14.8. The van der Waals surface area contributed by atoms with Gasteiger partial charge in [0.05, 0.1) is 17.7 Å². The Balaban J connectivity index is 2.44. The van der Waals surface area contributed by atoms with Crippen molar-refractivity contribution in [3.63, 3.8) is 0 Å². The van der Waals surface area contributed by atoms with E-state index in [1.807, 2.05) is 39.0 Å². The normalized spacial score (nSPS) is 11.3. The highest BCUT2D eigenvalue weighted by Crippen LogP contribution is 2.27. The van der Waals surface area contributed by atoms with Crippen molar-refractivity contribution in [1.29, 1.82) is 0 Å². The number of rotatable bonds is 6. The summed E-state index contributed by atoms with van der Waals surface area (Å²) in [6.07, 6.45) is 1.47. The van der Waals surface area contributed by atoms with E-state index in [-0.39, 0.29) is 4.90 Å². The molecular formula is C18H23NO3S. The molecule has 0 aliphatic carbocycles. The van der Waals surface area contributed by atoms with Gasteiger partial charge in [-0.1, -0.05) is 32.0 Å². The Morgan fingerprint density at radius 2 is 1.74 bits per heavy atom. The van der Waals surface area contributed by atoms with Gasteiger partial charge in [0.25, 0.3) is 10.0 Å². The van der Waals surface area contributed by atoms with Gasteiger partial charge >= 0.3 is 0 Å². The predicted octanol–water partition coefficient (Wildman–Crippen LogP) is 3.93. The molecule has 0 saturated carbocycles. The van der Waals surface area contributed by atoms with Crippen molar-refractivity contribution in [2.75, 3.05) is 11.8 Å². The molecule has 0 saturated heterocycles. The van der Waals surface area contributed by atoms with E-state index in [0.717, 1.165) is 23.1 Å². The van der Waals surface area contributed by atoms with Crippen molar-refractivity contribution in [3.05, 3.63) is 53.1 Å². The molecule has 0 aromatic heterocycles. The average molecular weight is 333 g/mol. The van der Waals surface area contributed by atoms with Crippen LogP contribution in [0.25, 0.3) is 0 Å². The topological polar surface area (TPSA) is 55.4 Å². The number of aryl methyl sites for hydroxylation is 3. The highest BCUT2D eigenvalue weighted by Gasteiger charge is 2.18. The lowest BCUT2D eigenvalue weighted by Crippen LogP contribution is -2.15. The SMILES string of the molecule is CCc1cc(S(=O)(=O)Nc2c(C)cccc2CC)ccc1OC.